The minimum atomic E-state index is -0.442. The fourth-order valence-electron chi connectivity index (χ4n) is 2.98. The second kappa shape index (κ2) is 8.67. The summed E-state index contributed by atoms with van der Waals surface area (Å²) in [6.45, 7) is 3.77. The molecule has 0 aliphatic heterocycles. The molecule has 5 nitrogen and oxygen atoms in total. The van der Waals surface area contributed by atoms with Gasteiger partial charge in [0.1, 0.15) is 0 Å². The molecule has 2 atom stereocenters. The van der Waals surface area contributed by atoms with Crippen LogP contribution in [0.5, 0.6) is 0 Å². The van der Waals surface area contributed by atoms with Crippen LogP contribution in [0.15, 0.2) is 30.3 Å². The molecular weight excluding hydrogens is 290 g/mol. The molecule has 1 saturated carbocycles. The molecular formula is C18H27N3O2. The highest BCUT2D eigenvalue weighted by molar-refractivity contribution is 5.96. The van der Waals surface area contributed by atoms with Crippen LogP contribution in [-0.2, 0) is 4.79 Å². The van der Waals surface area contributed by atoms with E-state index >= 15 is 0 Å². The lowest BCUT2D eigenvalue weighted by molar-refractivity contribution is -0.121. The maximum Gasteiger partial charge on any atom is 0.321 e. The molecule has 5 heteroatoms. The zero-order chi connectivity index (χ0) is 16.7. The maximum atomic E-state index is 12.1. The molecule has 1 fully saturated rings. The number of carbonyl (C=O) groups is 2. The van der Waals surface area contributed by atoms with E-state index in [2.05, 4.69) is 16.0 Å². The minimum Gasteiger partial charge on any atom is -0.335 e. The van der Waals surface area contributed by atoms with Crippen LogP contribution >= 0.6 is 0 Å². The zero-order valence-electron chi connectivity index (χ0n) is 14.0. The van der Waals surface area contributed by atoms with Gasteiger partial charge in [0.25, 0.3) is 0 Å². The summed E-state index contributed by atoms with van der Waals surface area (Å²) >= 11 is 0. The van der Waals surface area contributed by atoms with Crippen molar-refractivity contribution >= 4 is 11.9 Å². The number of urea groups is 1. The predicted molar refractivity (Wildman–Crippen MR) is 91.0 cm³/mol. The quantitative estimate of drug-likeness (QED) is 0.782. The lowest BCUT2D eigenvalue weighted by Crippen LogP contribution is -2.50. The van der Waals surface area contributed by atoms with E-state index in [1.165, 1.54) is 6.42 Å². The molecule has 1 aromatic rings. The van der Waals surface area contributed by atoms with E-state index in [9.17, 15) is 9.59 Å². The van der Waals surface area contributed by atoms with Gasteiger partial charge in [-0.3, -0.25) is 15.4 Å². The van der Waals surface area contributed by atoms with Crippen molar-refractivity contribution in [1.82, 2.24) is 16.0 Å². The molecule has 0 spiro atoms. The molecule has 3 amide bonds. The second-order valence-corrected chi connectivity index (χ2v) is 6.32. The van der Waals surface area contributed by atoms with Gasteiger partial charge in [-0.15, -0.1) is 0 Å². The topological polar surface area (TPSA) is 70.2 Å². The highest BCUT2D eigenvalue weighted by Crippen LogP contribution is 2.17. The molecule has 3 N–H and O–H groups in total. The summed E-state index contributed by atoms with van der Waals surface area (Å²) in [6.07, 6.45) is 5.52. The summed E-state index contributed by atoms with van der Waals surface area (Å²) in [7, 11) is 0. The van der Waals surface area contributed by atoms with Gasteiger partial charge in [0.2, 0.25) is 5.91 Å². The van der Waals surface area contributed by atoms with E-state index in [4.69, 9.17) is 0 Å². The molecule has 0 bridgehead atoms. The normalized spacial score (nSPS) is 18.0. The standard InChI is InChI=1S/C18H27N3O2/c1-13(15-9-5-3-6-10-15)19-14(2)17(22)21-18(23)20-16-11-7-4-8-12-16/h3,5-6,9-10,13-14,16,19H,4,7-8,11-12H2,1-2H3,(H2,20,21,22,23)/t13-,14+/m1/s1. The van der Waals surface area contributed by atoms with Crippen LogP contribution in [0.25, 0.3) is 0 Å². The smallest absolute Gasteiger partial charge is 0.321 e. The molecule has 0 heterocycles. The predicted octanol–water partition coefficient (Wildman–Crippen LogP) is 2.88. The Hall–Kier alpha value is -1.88. The fraction of sp³-hybridized carbons (Fsp3) is 0.556. The van der Waals surface area contributed by atoms with Crippen LogP contribution in [0, 0.1) is 0 Å². The summed E-state index contributed by atoms with van der Waals surface area (Å²) in [5, 5.41) is 8.54. The highest BCUT2D eigenvalue weighted by Gasteiger charge is 2.20. The number of hydrogen-bond donors (Lipinski definition) is 3. The first-order chi connectivity index (χ1) is 11.1. The summed E-state index contributed by atoms with van der Waals surface area (Å²) in [4.78, 5) is 24.0. The summed E-state index contributed by atoms with van der Waals surface area (Å²) in [6, 6.07) is 9.33. The molecule has 0 unspecified atom stereocenters. The molecule has 1 aliphatic rings. The number of rotatable bonds is 5. The Bertz CT molecular complexity index is 512. The van der Waals surface area contributed by atoms with Crippen molar-refractivity contribution in [3.63, 3.8) is 0 Å². The average molecular weight is 317 g/mol. The molecule has 23 heavy (non-hydrogen) atoms. The van der Waals surface area contributed by atoms with Gasteiger partial charge in [0.15, 0.2) is 0 Å². The average Bonchev–Trinajstić information content (AvgIpc) is 2.56. The van der Waals surface area contributed by atoms with E-state index < -0.39 is 6.04 Å². The lowest BCUT2D eigenvalue weighted by atomic mass is 9.96. The number of nitrogens with one attached hydrogen (secondary N) is 3. The third-order valence-electron chi connectivity index (χ3n) is 4.37. The fourth-order valence-corrected chi connectivity index (χ4v) is 2.98. The highest BCUT2D eigenvalue weighted by atomic mass is 16.2. The van der Waals surface area contributed by atoms with Crippen LogP contribution in [-0.4, -0.2) is 24.0 Å². The van der Waals surface area contributed by atoms with Crippen LogP contribution in [0.4, 0.5) is 4.79 Å². The molecule has 126 valence electrons. The molecule has 2 rings (SSSR count). The third-order valence-corrected chi connectivity index (χ3v) is 4.37. The van der Waals surface area contributed by atoms with Crippen LogP contribution in [0.2, 0.25) is 0 Å². The van der Waals surface area contributed by atoms with Crippen molar-refractivity contribution in [3.8, 4) is 0 Å². The Morgan fingerprint density at radius 2 is 1.70 bits per heavy atom. The Balaban J connectivity index is 1.76. The first-order valence-corrected chi connectivity index (χ1v) is 8.48. The first-order valence-electron chi connectivity index (χ1n) is 8.48. The zero-order valence-corrected chi connectivity index (χ0v) is 14.0. The lowest BCUT2D eigenvalue weighted by Gasteiger charge is -2.24. The molecule has 1 aliphatic carbocycles. The van der Waals surface area contributed by atoms with Gasteiger partial charge in [-0.1, -0.05) is 49.6 Å². The minimum absolute atomic E-state index is 0.0401. The summed E-state index contributed by atoms with van der Waals surface area (Å²) in [5.41, 5.74) is 1.11. The van der Waals surface area contributed by atoms with Crippen molar-refractivity contribution < 1.29 is 9.59 Å². The third kappa shape index (κ3) is 5.67. The SMILES string of the molecule is C[C@H](N[C@H](C)c1ccccc1)C(=O)NC(=O)NC1CCCCC1. The van der Waals surface area contributed by atoms with Gasteiger partial charge in [-0.05, 0) is 32.3 Å². The van der Waals surface area contributed by atoms with E-state index in [0.29, 0.717) is 0 Å². The monoisotopic (exact) mass is 317 g/mol. The number of imide groups is 1. The van der Waals surface area contributed by atoms with Gasteiger partial charge < -0.3 is 5.32 Å². The van der Waals surface area contributed by atoms with Gasteiger partial charge >= 0.3 is 6.03 Å². The van der Waals surface area contributed by atoms with Crippen LogP contribution in [0.3, 0.4) is 0 Å². The van der Waals surface area contributed by atoms with Crippen LogP contribution < -0.4 is 16.0 Å². The van der Waals surface area contributed by atoms with Gasteiger partial charge in [-0.2, -0.15) is 0 Å². The van der Waals surface area contributed by atoms with E-state index in [-0.39, 0.29) is 24.0 Å². The molecule has 1 aromatic carbocycles. The van der Waals surface area contributed by atoms with Gasteiger partial charge in [0.05, 0.1) is 6.04 Å². The van der Waals surface area contributed by atoms with Gasteiger partial charge in [-0.25, -0.2) is 4.79 Å². The van der Waals surface area contributed by atoms with Crippen molar-refractivity contribution in [2.45, 2.75) is 64.1 Å². The van der Waals surface area contributed by atoms with E-state index in [0.717, 1.165) is 31.2 Å². The van der Waals surface area contributed by atoms with Crippen molar-refractivity contribution in [2.75, 3.05) is 0 Å². The Labute approximate surface area is 138 Å². The van der Waals surface area contributed by atoms with Crippen LogP contribution in [0.1, 0.15) is 57.6 Å². The Morgan fingerprint density at radius 3 is 2.35 bits per heavy atom. The maximum absolute atomic E-state index is 12.1. The number of amides is 3. The van der Waals surface area contributed by atoms with Gasteiger partial charge in [0, 0.05) is 12.1 Å². The number of benzene rings is 1. The van der Waals surface area contributed by atoms with Crippen molar-refractivity contribution in [2.24, 2.45) is 0 Å². The van der Waals surface area contributed by atoms with Crippen molar-refractivity contribution in [1.29, 1.82) is 0 Å². The molecule has 0 radical (unpaired) electrons. The molecule has 0 aromatic heterocycles. The Morgan fingerprint density at radius 1 is 1.04 bits per heavy atom. The van der Waals surface area contributed by atoms with E-state index in [1.807, 2.05) is 37.3 Å². The first kappa shape index (κ1) is 17.5. The number of carbonyl (C=O) groups excluding carboxylic acids is 2. The summed E-state index contributed by atoms with van der Waals surface area (Å²) < 4.78 is 0. The Kier molecular flexibility index (Phi) is 6.59. The number of hydrogen-bond acceptors (Lipinski definition) is 3. The van der Waals surface area contributed by atoms with E-state index in [1.54, 1.807) is 6.92 Å². The second-order valence-electron chi connectivity index (χ2n) is 6.32. The summed E-state index contributed by atoms with van der Waals surface area (Å²) in [5.74, 6) is -0.305. The van der Waals surface area contributed by atoms with Crippen molar-refractivity contribution in [3.05, 3.63) is 35.9 Å². The largest absolute Gasteiger partial charge is 0.335 e. The molecule has 0 saturated heterocycles.